The zero-order valence-electron chi connectivity index (χ0n) is 14.5. The number of nitrogens with zero attached hydrogens (tertiary/aromatic N) is 1. The van der Waals surface area contributed by atoms with E-state index in [-0.39, 0.29) is 0 Å². The number of rotatable bonds is 12. The smallest absolute Gasteiger partial charge is 0.190 e. The summed E-state index contributed by atoms with van der Waals surface area (Å²) in [6.07, 6.45) is 10.5. The number of hydrogen-bond donors (Lipinski definition) is 2. The molecular weight excluding hydrogens is 278 g/mol. The van der Waals surface area contributed by atoms with Gasteiger partial charge in [0.15, 0.2) is 5.96 Å². The van der Waals surface area contributed by atoms with Gasteiger partial charge in [0.05, 0.1) is 13.2 Å². The van der Waals surface area contributed by atoms with E-state index >= 15 is 0 Å². The highest BCUT2D eigenvalue weighted by Gasteiger charge is 2.13. The molecule has 0 aromatic carbocycles. The Balaban J connectivity index is 1.89. The third kappa shape index (κ3) is 10.0. The third-order valence-electron chi connectivity index (χ3n) is 4.22. The van der Waals surface area contributed by atoms with Gasteiger partial charge < -0.3 is 20.1 Å². The fourth-order valence-electron chi connectivity index (χ4n) is 2.90. The number of aliphatic imine (C=N–C) groups is 1. The summed E-state index contributed by atoms with van der Waals surface area (Å²) in [5.41, 5.74) is 0. The minimum absolute atomic E-state index is 0.676. The topological polar surface area (TPSA) is 54.9 Å². The van der Waals surface area contributed by atoms with Crippen LogP contribution in [0.4, 0.5) is 0 Å². The van der Waals surface area contributed by atoms with Crippen LogP contribution in [0.1, 0.15) is 51.4 Å². The van der Waals surface area contributed by atoms with E-state index in [9.17, 15) is 0 Å². The lowest BCUT2D eigenvalue weighted by molar-refractivity contribution is 0.0689. The van der Waals surface area contributed by atoms with E-state index in [2.05, 4.69) is 15.6 Å². The fraction of sp³-hybridized carbons (Fsp3) is 0.941. The second kappa shape index (κ2) is 13.8. The molecule has 22 heavy (non-hydrogen) atoms. The summed E-state index contributed by atoms with van der Waals surface area (Å²) in [5, 5.41) is 6.76. The zero-order valence-corrected chi connectivity index (χ0v) is 14.5. The van der Waals surface area contributed by atoms with Gasteiger partial charge in [-0.3, -0.25) is 4.99 Å². The van der Waals surface area contributed by atoms with Crippen molar-refractivity contribution in [3.05, 3.63) is 0 Å². The maximum absolute atomic E-state index is 5.44. The molecule has 5 heteroatoms. The molecule has 0 aromatic heterocycles. The SMILES string of the molecule is CN=C(NCCCCOCCOC)NCCCC1CCCC1. The van der Waals surface area contributed by atoms with Crippen molar-refractivity contribution in [1.29, 1.82) is 0 Å². The van der Waals surface area contributed by atoms with Crippen LogP contribution in [0.5, 0.6) is 0 Å². The van der Waals surface area contributed by atoms with Crippen LogP contribution in [0.25, 0.3) is 0 Å². The Hall–Kier alpha value is -0.810. The van der Waals surface area contributed by atoms with Crippen LogP contribution in [-0.4, -0.2) is 53.0 Å². The van der Waals surface area contributed by atoms with Gasteiger partial charge in [0.1, 0.15) is 0 Å². The highest BCUT2D eigenvalue weighted by atomic mass is 16.5. The molecule has 0 amide bonds. The first-order valence-electron chi connectivity index (χ1n) is 8.88. The van der Waals surface area contributed by atoms with Crippen molar-refractivity contribution in [2.24, 2.45) is 10.9 Å². The number of methoxy groups -OCH3 is 1. The van der Waals surface area contributed by atoms with Gasteiger partial charge in [-0.15, -0.1) is 0 Å². The molecule has 1 saturated carbocycles. The number of unbranched alkanes of at least 4 members (excludes halogenated alkanes) is 1. The second-order valence-corrected chi connectivity index (χ2v) is 6.03. The molecule has 0 aromatic rings. The van der Waals surface area contributed by atoms with Crippen LogP contribution in [0, 0.1) is 5.92 Å². The highest BCUT2D eigenvalue weighted by Crippen LogP contribution is 2.28. The van der Waals surface area contributed by atoms with Gasteiger partial charge in [-0.25, -0.2) is 0 Å². The molecule has 0 atom stereocenters. The van der Waals surface area contributed by atoms with Gasteiger partial charge >= 0.3 is 0 Å². The predicted octanol–water partition coefficient (Wildman–Crippen LogP) is 2.57. The molecule has 0 saturated heterocycles. The summed E-state index contributed by atoms with van der Waals surface area (Å²) in [6.45, 7) is 4.13. The summed E-state index contributed by atoms with van der Waals surface area (Å²) in [7, 11) is 3.53. The average Bonchev–Trinajstić information content (AvgIpc) is 3.05. The lowest BCUT2D eigenvalue weighted by atomic mass is 10.0. The van der Waals surface area contributed by atoms with E-state index in [0.29, 0.717) is 13.2 Å². The van der Waals surface area contributed by atoms with E-state index in [1.165, 1.54) is 38.5 Å². The van der Waals surface area contributed by atoms with Crippen molar-refractivity contribution < 1.29 is 9.47 Å². The molecule has 1 aliphatic carbocycles. The molecule has 1 rings (SSSR count). The van der Waals surface area contributed by atoms with Crippen molar-refractivity contribution in [1.82, 2.24) is 10.6 Å². The van der Waals surface area contributed by atoms with Gasteiger partial charge in [-0.05, 0) is 31.6 Å². The van der Waals surface area contributed by atoms with E-state index in [1.54, 1.807) is 7.11 Å². The number of hydrogen-bond acceptors (Lipinski definition) is 3. The molecule has 0 aliphatic heterocycles. The van der Waals surface area contributed by atoms with E-state index in [4.69, 9.17) is 9.47 Å². The Morgan fingerprint density at radius 3 is 2.41 bits per heavy atom. The number of ether oxygens (including phenoxy) is 2. The van der Waals surface area contributed by atoms with Crippen LogP contribution in [0.3, 0.4) is 0 Å². The van der Waals surface area contributed by atoms with Gasteiger partial charge in [0, 0.05) is 33.9 Å². The minimum atomic E-state index is 0.676. The molecule has 0 radical (unpaired) electrons. The monoisotopic (exact) mass is 313 g/mol. The van der Waals surface area contributed by atoms with Crippen LogP contribution in [0.2, 0.25) is 0 Å². The molecule has 1 fully saturated rings. The van der Waals surface area contributed by atoms with Crippen LogP contribution in [-0.2, 0) is 9.47 Å². The van der Waals surface area contributed by atoms with Gasteiger partial charge in [-0.2, -0.15) is 0 Å². The Morgan fingerprint density at radius 1 is 1.00 bits per heavy atom. The summed E-state index contributed by atoms with van der Waals surface area (Å²) in [4.78, 5) is 4.26. The maximum Gasteiger partial charge on any atom is 0.190 e. The minimum Gasteiger partial charge on any atom is -0.382 e. The maximum atomic E-state index is 5.44. The summed E-state index contributed by atoms with van der Waals surface area (Å²) < 4.78 is 10.4. The van der Waals surface area contributed by atoms with Gasteiger partial charge in [0.25, 0.3) is 0 Å². The van der Waals surface area contributed by atoms with Crippen LogP contribution in [0.15, 0.2) is 4.99 Å². The highest BCUT2D eigenvalue weighted by molar-refractivity contribution is 5.79. The van der Waals surface area contributed by atoms with Crippen molar-refractivity contribution in [3.8, 4) is 0 Å². The van der Waals surface area contributed by atoms with Crippen molar-refractivity contribution >= 4 is 5.96 Å². The largest absolute Gasteiger partial charge is 0.382 e. The Bertz CT molecular complexity index is 279. The quantitative estimate of drug-likeness (QED) is 0.330. The first kappa shape index (κ1) is 19.2. The molecule has 0 spiro atoms. The molecule has 1 aliphatic rings. The summed E-state index contributed by atoms with van der Waals surface area (Å²) in [5.74, 6) is 1.90. The van der Waals surface area contributed by atoms with E-state index in [1.807, 2.05) is 7.05 Å². The van der Waals surface area contributed by atoms with Gasteiger partial charge in [0.2, 0.25) is 0 Å². The molecule has 5 nitrogen and oxygen atoms in total. The zero-order chi connectivity index (χ0) is 15.9. The normalized spacial score (nSPS) is 16.2. The first-order valence-corrected chi connectivity index (χ1v) is 8.88. The lowest BCUT2D eigenvalue weighted by Gasteiger charge is -2.13. The second-order valence-electron chi connectivity index (χ2n) is 6.03. The van der Waals surface area contributed by atoms with Crippen molar-refractivity contribution in [3.63, 3.8) is 0 Å². The fourth-order valence-corrected chi connectivity index (χ4v) is 2.90. The summed E-state index contributed by atoms with van der Waals surface area (Å²) in [6, 6.07) is 0. The number of nitrogens with one attached hydrogen (secondary N) is 2. The third-order valence-corrected chi connectivity index (χ3v) is 4.22. The van der Waals surface area contributed by atoms with E-state index < -0.39 is 0 Å². The Morgan fingerprint density at radius 2 is 1.73 bits per heavy atom. The summed E-state index contributed by atoms with van der Waals surface area (Å²) >= 11 is 0. The average molecular weight is 313 g/mol. The lowest BCUT2D eigenvalue weighted by Crippen LogP contribution is -2.38. The number of guanidine groups is 1. The molecular formula is C17H35N3O2. The first-order chi connectivity index (χ1) is 10.9. The van der Waals surface area contributed by atoms with Crippen molar-refractivity contribution in [2.45, 2.75) is 51.4 Å². The standard InChI is InChI=1S/C17H35N3O2/c1-18-17(19-11-5-6-13-22-15-14-21-2)20-12-7-10-16-8-3-4-9-16/h16H,3-15H2,1-2H3,(H2,18,19,20). The molecule has 0 bridgehead atoms. The van der Waals surface area contributed by atoms with Gasteiger partial charge in [-0.1, -0.05) is 25.7 Å². The van der Waals surface area contributed by atoms with Crippen molar-refractivity contribution in [2.75, 3.05) is 47.1 Å². The van der Waals surface area contributed by atoms with Crippen LogP contribution < -0.4 is 10.6 Å². The van der Waals surface area contributed by atoms with E-state index in [0.717, 1.165) is 44.4 Å². The Labute approximate surface area is 136 Å². The van der Waals surface area contributed by atoms with Crippen LogP contribution >= 0.6 is 0 Å². The predicted molar refractivity (Wildman–Crippen MR) is 92.5 cm³/mol. The molecule has 0 unspecified atom stereocenters. The molecule has 2 N–H and O–H groups in total. The Kier molecular flexibility index (Phi) is 12.1. The molecule has 130 valence electrons. The molecule has 0 heterocycles.